The van der Waals surface area contributed by atoms with Crippen molar-refractivity contribution in [3.05, 3.63) is 140 Å². The lowest BCUT2D eigenvalue weighted by Crippen LogP contribution is -2.38. The van der Waals surface area contributed by atoms with Gasteiger partial charge in [0.2, 0.25) is 0 Å². The Bertz CT molecular complexity index is 1080. The minimum Gasteiger partial charge on any atom is -0.104 e. The lowest BCUT2D eigenvalue weighted by atomic mass is 9.67. The third-order valence-corrected chi connectivity index (χ3v) is 7.58. The zero-order valence-corrected chi connectivity index (χ0v) is 18.8. The van der Waals surface area contributed by atoms with Gasteiger partial charge in [-0.2, -0.15) is 0 Å². The van der Waals surface area contributed by atoms with Crippen molar-refractivity contribution in [2.45, 2.75) is 9.75 Å². The molecule has 0 bridgehead atoms. The number of rotatable bonds is 2. The molecule has 0 saturated heterocycles. The fourth-order valence-electron chi connectivity index (χ4n) is 4.44. The molecule has 4 heteroatoms. The Morgan fingerprint density at radius 3 is 0.933 bits per heavy atom. The van der Waals surface area contributed by atoms with E-state index in [2.05, 4.69) is 24.3 Å². The van der Waals surface area contributed by atoms with Crippen molar-refractivity contribution in [3.63, 3.8) is 0 Å². The van der Waals surface area contributed by atoms with Gasteiger partial charge in [0, 0.05) is 10.0 Å². The van der Waals surface area contributed by atoms with Gasteiger partial charge >= 0.3 is 0 Å². The lowest BCUT2D eigenvalue weighted by molar-refractivity contribution is 0.730. The van der Waals surface area contributed by atoms with Crippen LogP contribution in [0.1, 0.15) is 33.4 Å². The highest BCUT2D eigenvalue weighted by Crippen LogP contribution is 2.58. The number of fused-ring (bicyclic) bond motifs is 2. The molecule has 4 aromatic rings. The van der Waals surface area contributed by atoms with Gasteiger partial charge in [-0.25, -0.2) is 0 Å². The summed E-state index contributed by atoms with van der Waals surface area (Å²) in [4.78, 5) is -1.77. The van der Waals surface area contributed by atoms with Crippen LogP contribution in [0.15, 0.2) is 97.1 Å². The molecule has 0 unspecified atom stereocenters. The molecule has 148 valence electrons. The molecule has 0 aromatic heterocycles. The third-order valence-electron chi connectivity index (χ3n) is 5.82. The van der Waals surface area contributed by atoms with Crippen LogP contribution in [0.25, 0.3) is 0 Å². The maximum absolute atomic E-state index is 7.53. The average Bonchev–Trinajstić information content (AvgIpc) is 2.78. The van der Waals surface area contributed by atoms with Gasteiger partial charge in [0.15, 0.2) is 0 Å². The van der Waals surface area contributed by atoms with Crippen LogP contribution in [0.3, 0.4) is 0 Å². The molecule has 0 spiro atoms. The number of alkyl halides is 2. The second kappa shape index (κ2) is 7.32. The van der Waals surface area contributed by atoms with Crippen molar-refractivity contribution >= 4 is 46.4 Å². The van der Waals surface area contributed by atoms with E-state index in [9.17, 15) is 0 Å². The maximum atomic E-state index is 7.53. The second-order valence-electron chi connectivity index (χ2n) is 7.42. The summed E-state index contributed by atoms with van der Waals surface area (Å²) in [6, 6.07) is 31.6. The Morgan fingerprint density at radius 2 is 0.667 bits per heavy atom. The standard InChI is InChI=1S/C26H16Cl4/c27-19-13-9-17(10-14-19)25(29)21-5-1-2-6-22(21)26(30,18-11-15-20(28)16-12-18)24-8-4-3-7-23(24)25/h1-16H. The fourth-order valence-corrected chi connectivity index (χ4v) is 5.60. The van der Waals surface area contributed by atoms with Crippen molar-refractivity contribution < 1.29 is 0 Å². The van der Waals surface area contributed by atoms with Gasteiger partial charge in [-0.1, -0.05) is 96.0 Å². The van der Waals surface area contributed by atoms with Gasteiger partial charge in [0.1, 0.15) is 9.75 Å². The minimum absolute atomic E-state index is 0.671. The van der Waals surface area contributed by atoms with Crippen LogP contribution in [0.2, 0.25) is 10.0 Å². The van der Waals surface area contributed by atoms with Crippen molar-refractivity contribution in [3.8, 4) is 0 Å². The molecule has 1 aliphatic rings. The van der Waals surface area contributed by atoms with Crippen LogP contribution in [0.5, 0.6) is 0 Å². The highest BCUT2D eigenvalue weighted by Gasteiger charge is 2.50. The largest absolute Gasteiger partial charge is 0.120 e. The molecule has 0 amide bonds. The summed E-state index contributed by atoms with van der Waals surface area (Å²) >= 11 is 27.4. The number of hydrogen-bond donors (Lipinski definition) is 0. The quantitative estimate of drug-likeness (QED) is 0.258. The van der Waals surface area contributed by atoms with Crippen LogP contribution in [-0.2, 0) is 9.75 Å². The Hall–Kier alpha value is -1.96. The summed E-state index contributed by atoms with van der Waals surface area (Å²) in [5.41, 5.74) is 5.72. The Kier molecular flexibility index (Phi) is 4.87. The maximum Gasteiger partial charge on any atom is 0.120 e. The van der Waals surface area contributed by atoms with E-state index in [1.807, 2.05) is 72.8 Å². The predicted molar refractivity (Wildman–Crippen MR) is 127 cm³/mol. The first-order chi connectivity index (χ1) is 14.5. The van der Waals surface area contributed by atoms with E-state index in [1.54, 1.807) is 0 Å². The van der Waals surface area contributed by atoms with Crippen LogP contribution in [0, 0.1) is 0 Å². The molecule has 5 rings (SSSR count). The molecule has 0 fully saturated rings. The summed E-state index contributed by atoms with van der Waals surface area (Å²) in [7, 11) is 0. The van der Waals surface area contributed by atoms with Crippen LogP contribution in [0.4, 0.5) is 0 Å². The molecule has 0 N–H and O–H groups in total. The molecule has 4 aromatic carbocycles. The summed E-state index contributed by atoms with van der Waals surface area (Å²) in [6.07, 6.45) is 0. The predicted octanol–water partition coefficient (Wildman–Crippen LogP) is 8.37. The molecule has 0 saturated carbocycles. The fraction of sp³-hybridized carbons (Fsp3) is 0.0769. The Morgan fingerprint density at radius 1 is 0.400 bits per heavy atom. The van der Waals surface area contributed by atoms with Gasteiger partial charge in [-0.05, 0) is 57.6 Å². The van der Waals surface area contributed by atoms with Crippen molar-refractivity contribution in [2.24, 2.45) is 0 Å². The summed E-state index contributed by atoms with van der Waals surface area (Å²) in [5.74, 6) is 0. The molecule has 0 heterocycles. The van der Waals surface area contributed by atoms with E-state index in [0.717, 1.165) is 33.4 Å². The summed E-state index contributed by atoms with van der Waals surface area (Å²) in [5, 5.41) is 1.34. The van der Waals surface area contributed by atoms with Gasteiger partial charge in [-0.15, -0.1) is 23.2 Å². The van der Waals surface area contributed by atoms with Crippen molar-refractivity contribution in [1.29, 1.82) is 0 Å². The minimum atomic E-state index is -0.886. The Labute approximate surface area is 196 Å². The molecular weight excluding hydrogens is 454 g/mol. The summed E-state index contributed by atoms with van der Waals surface area (Å²) in [6.45, 7) is 0. The van der Waals surface area contributed by atoms with Crippen LogP contribution in [-0.4, -0.2) is 0 Å². The topological polar surface area (TPSA) is 0 Å². The molecule has 1 aliphatic carbocycles. The van der Waals surface area contributed by atoms with Crippen LogP contribution < -0.4 is 0 Å². The number of halogens is 4. The molecule has 0 radical (unpaired) electrons. The highest BCUT2D eigenvalue weighted by atomic mass is 35.5. The average molecular weight is 470 g/mol. The smallest absolute Gasteiger partial charge is 0.104 e. The third kappa shape index (κ3) is 2.82. The van der Waals surface area contributed by atoms with E-state index in [-0.39, 0.29) is 0 Å². The number of benzene rings is 4. The van der Waals surface area contributed by atoms with E-state index in [4.69, 9.17) is 46.4 Å². The normalized spacial score (nSPS) is 22.3. The molecule has 30 heavy (non-hydrogen) atoms. The first-order valence-corrected chi connectivity index (χ1v) is 11.1. The van der Waals surface area contributed by atoms with Crippen molar-refractivity contribution in [2.75, 3.05) is 0 Å². The van der Waals surface area contributed by atoms with Gasteiger partial charge in [0.05, 0.1) is 0 Å². The lowest BCUT2D eigenvalue weighted by Gasteiger charge is -2.44. The summed E-state index contributed by atoms with van der Waals surface area (Å²) < 4.78 is 0. The van der Waals surface area contributed by atoms with Gasteiger partial charge in [-0.3, -0.25) is 0 Å². The van der Waals surface area contributed by atoms with E-state index < -0.39 is 9.75 Å². The van der Waals surface area contributed by atoms with Crippen molar-refractivity contribution in [1.82, 2.24) is 0 Å². The molecule has 0 atom stereocenters. The molecule has 0 nitrogen and oxygen atoms in total. The van der Waals surface area contributed by atoms with Gasteiger partial charge < -0.3 is 0 Å². The first-order valence-electron chi connectivity index (χ1n) is 9.55. The zero-order valence-electron chi connectivity index (χ0n) is 15.7. The monoisotopic (exact) mass is 468 g/mol. The number of hydrogen-bond acceptors (Lipinski definition) is 0. The first kappa shape index (κ1) is 20.0. The molecular formula is C26H16Cl4. The van der Waals surface area contributed by atoms with E-state index >= 15 is 0 Å². The van der Waals surface area contributed by atoms with E-state index in [0.29, 0.717) is 10.0 Å². The highest BCUT2D eigenvalue weighted by molar-refractivity contribution is 6.33. The van der Waals surface area contributed by atoms with Gasteiger partial charge in [0.25, 0.3) is 0 Å². The van der Waals surface area contributed by atoms with E-state index in [1.165, 1.54) is 0 Å². The SMILES string of the molecule is Clc1ccc(C2(Cl)c3ccccc3C(Cl)(c3ccc(Cl)cc3)c3ccccc32)cc1. The molecule has 0 aliphatic heterocycles. The zero-order chi connectivity index (χ0) is 20.9. The van der Waals surface area contributed by atoms with Crippen LogP contribution >= 0.6 is 46.4 Å². The second-order valence-corrected chi connectivity index (χ2v) is 9.43. The Balaban J connectivity index is 1.87.